The Kier molecular flexibility index (Phi) is 7.90. The number of thiazole rings is 1. The van der Waals surface area contributed by atoms with Gasteiger partial charge in [0.05, 0.1) is 5.69 Å². The molecule has 0 bridgehead atoms. The Morgan fingerprint density at radius 3 is 2.66 bits per heavy atom. The van der Waals surface area contributed by atoms with Crippen LogP contribution in [0.25, 0.3) is 0 Å². The van der Waals surface area contributed by atoms with Crippen LogP contribution in [0.4, 0.5) is 5.13 Å². The zero-order chi connectivity index (χ0) is 23.3. The highest BCUT2D eigenvalue weighted by Crippen LogP contribution is 2.29. The first-order valence-corrected chi connectivity index (χ1v) is 12.0. The second-order valence-corrected chi connectivity index (χ2v) is 10.1. The summed E-state index contributed by atoms with van der Waals surface area (Å²) in [6.45, 7) is 12.7. The summed E-state index contributed by atoms with van der Waals surface area (Å²) in [5, 5.41) is 4.13. The molecule has 7 nitrogen and oxygen atoms in total. The highest BCUT2D eigenvalue weighted by atomic mass is 32.1. The van der Waals surface area contributed by atoms with E-state index >= 15 is 0 Å². The van der Waals surface area contributed by atoms with E-state index < -0.39 is 5.60 Å². The van der Waals surface area contributed by atoms with Crippen molar-refractivity contribution in [1.29, 1.82) is 0 Å². The van der Waals surface area contributed by atoms with Gasteiger partial charge >= 0.3 is 5.97 Å². The third kappa shape index (κ3) is 6.29. The van der Waals surface area contributed by atoms with Gasteiger partial charge in [-0.25, -0.2) is 9.78 Å². The molecule has 0 saturated carbocycles. The van der Waals surface area contributed by atoms with Crippen LogP contribution in [-0.4, -0.2) is 59.6 Å². The van der Waals surface area contributed by atoms with Crippen molar-refractivity contribution in [2.45, 2.75) is 59.2 Å². The van der Waals surface area contributed by atoms with Gasteiger partial charge < -0.3 is 19.9 Å². The number of anilines is 1. The molecule has 174 valence electrons. The summed E-state index contributed by atoms with van der Waals surface area (Å²) in [5.41, 5.74) is 1.23. The molecule has 1 N–H and O–H groups in total. The van der Waals surface area contributed by atoms with Crippen molar-refractivity contribution >= 4 is 28.3 Å². The van der Waals surface area contributed by atoms with Crippen LogP contribution >= 0.6 is 11.3 Å². The van der Waals surface area contributed by atoms with Crippen LogP contribution in [-0.2, 0) is 16.1 Å². The number of aromatic nitrogens is 1. The maximum Gasteiger partial charge on any atom is 0.350 e. The van der Waals surface area contributed by atoms with Gasteiger partial charge in [-0.1, -0.05) is 48.6 Å². The lowest BCUT2D eigenvalue weighted by Gasteiger charge is -2.35. The molecule has 1 unspecified atom stereocenters. The van der Waals surface area contributed by atoms with Crippen LogP contribution in [0.15, 0.2) is 30.3 Å². The van der Waals surface area contributed by atoms with E-state index in [9.17, 15) is 9.59 Å². The smallest absolute Gasteiger partial charge is 0.350 e. The van der Waals surface area contributed by atoms with E-state index in [4.69, 9.17) is 4.74 Å². The number of rotatable bonds is 7. The molecule has 1 aromatic heterocycles. The van der Waals surface area contributed by atoms with E-state index in [-0.39, 0.29) is 17.9 Å². The average Bonchev–Trinajstić information content (AvgIpc) is 3.14. The van der Waals surface area contributed by atoms with Crippen molar-refractivity contribution in [3.8, 4) is 0 Å². The summed E-state index contributed by atoms with van der Waals surface area (Å²) < 4.78 is 5.52. The topological polar surface area (TPSA) is 74.8 Å². The molecular weight excluding hydrogens is 424 g/mol. The summed E-state index contributed by atoms with van der Waals surface area (Å²) in [6, 6.07) is 9.76. The van der Waals surface area contributed by atoms with Crippen molar-refractivity contribution in [3.63, 3.8) is 0 Å². The number of benzene rings is 1. The molecule has 1 saturated heterocycles. The number of ether oxygens (including phenoxy) is 1. The Hall–Kier alpha value is -2.45. The number of nitrogens with zero attached hydrogens (tertiary/aromatic N) is 3. The Labute approximate surface area is 194 Å². The lowest BCUT2D eigenvalue weighted by atomic mass is 10.1. The maximum absolute atomic E-state index is 13.4. The molecule has 3 rings (SSSR count). The summed E-state index contributed by atoms with van der Waals surface area (Å²) in [7, 11) is 0. The molecule has 0 spiro atoms. The molecule has 1 amide bonds. The molecule has 32 heavy (non-hydrogen) atoms. The zero-order valence-corrected chi connectivity index (χ0v) is 20.5. The van der Waals surface area contributed by atoms with Gasteiger partial charge in [-0.15, -0.1) is 0 Å². The van der Waals surface area contributed by atoms with E-state index in [1.165, 1.54) is 11.3 Å². The molecular formula is C24H34N4O3S. The molecule has 1 aromatic carbocycles. The number of aryl methyl sites for hydroxylation is 1. The van der Waals surface area contributed by atoms with Gasteiger partial charge in [0.2, 0.25) is 5.91 Å². The van der Waals surface area contributed by atoms with Gasteiger partial charge in [-0.3, -0.25) is 4.79 Å². The van der Waals surface area contributed by atoms with E-state index in [0.29, 0.717) is 36.8 Å². The standard InChI is InChI=1S/C24H34N4O3S/c1-6-13-27(15-18-10-8-7-9-11-18)21(29)19-16-28(14-12-25-19)23-26-17(2)20(32-23)22(30)31-24(3,4)5/h7-11,19,25H,6,12-16H2,1-5H3. The molecule has 1 atom stereocenters. The second kappa shape index (κ2) is 10.4. The number of carbonyl (C=O) groups excluding carboxylic acids is 2. The Morgan fingerprint density at radius 2 is 2.00 bits per heavy atom. The van der Waals surface area contributed by atoms with E-state index in [2.05, 4.69) is 22.1 Å². The fourth-order valence-corrected chi connectivity index (χ4v) is 4.66. The van der Waals surface area contributed by atoms with Gasteiger partial charge in [0.15, 0.2) is 5.13 Å². The minimum atomic E-state index is -0.554. The number of hydrogen-bond donors (Lipinski definition) is 1. The largest absolute Gasteiger partial charge is 0.456 e. The van der Waals surface area contributed by atoms with Crippen molar-refractivity contribution < 1.29 is 14.3 Å². The number of amides is 1. The lowest BCUT2D eigenvalue weighted by Crippen LogP contribution is -2.58. The highest BCUT2D eigenvalue weighted by molar-refractivity contribution is 7.17. The second-order valence-electron chi connectivity index (χ2n) is 9.11. The Morgan fingerprint density at radius 1 is 1.28 bits per heavy atom. The molecule has 0 aliphatic carbocycles. The van der Waals surface area contributed by atoms with Gasteiger partial charge in [0.1, 0.15) is 16.5 Å². The summed E-state index contributed by atoms with van der Waals surface area (Å²) >= 11 is 1.34. The first kappa shape index (κ1) is 24.2. The van der Waals surface area contributed by atoms with Crippen LogP contribution in [0.5, 0.6) is 0 Å². The molecule has 2 aromatic rings. The lowest BCUT2D eigenvalue weighted by molar-refractivity contribution is -0.134. The number of hydrogen-bond acceptors (Lipinski definition) is 7. The summed E-state index contributed by atoms with van der Waals surface area (Å²) in [5.74, 6) is -0.250. The minimum absolute atomic E-state index is 0.0982. The maximum atomic E-state index is 13.4. The van der Waals surface area contributed by atoms with Crippen molar-refractivity contribution in [2.75, 3.05) is 31.1 Å². The normalized spacial score (nSPS) is 16.7. The molecule has 2 heterocycles. The fraction of sp³-hybridized carbons (Fsp3) is 0.542. The van der Waals surface area contributed by atoms with Crippen LogP contribution in [0.3, 0.4) is 0 Å². The Balaban J connectivity index is 1.71. The SMILES string of the molecule is CCCN(Cc1ccccc1)C(=O)C1CN(c2nc(C)c(C(=O)OC(C)(C)C)s2)CCN1. The molecule has 8 heteroatoms. The average molecular weight is 459 g/mol. The zero-order valence-electron chi connectivity index (χ0n) is 19.7. The third-order valence-electron chi connectivity index (χ3n) is 5.14. The van der Waals surface area contributed by atoms with E-state index in [1.54, 1.807) is 0 Å². The third-order valence-corrected chi connectivity index (χ3v) is 6.33. The van der Waals surface area contributed by atoms with Crippen LogP contribution < -0.4 is 10.2 Å². The summed E-state index contributed by atoms with van der Waals surface area (Å²) in [4.78, 5) is 35.1. The minimum Gasteiger partial charge on any atom is -0.456 e. The molecule has 1 fully saturated rings. The fourth-order valence-electron chi connectivity index (χ4n) is 3.68. The van der Waals surface area contributed by atoms with E-state index in [1.807, 2.05) is 62.9 Å². The quantitative estimate of drug-likeness (QED) is 0.639. The number of esters is 1. The number of carbonyl (C=O) groups is 2. The van der Waals surface area contributed by atoms with Crippen molar-refractivity contribution in [1.82, 2.24) is 15.2 Å². The highest BCUT2D eigenvalue weighted by Gasteiger charge is 2.31. The van der Waals surface area contributed by atoms with Crippen LogP contribution in [0, 0.1) is 6.92 Å². The Bertz CT molecular complexity index is 923. The monoisotopic (exact) mass is 458 g/mol. The van der Waals surface area contributed by atoms with Crippen molar-refractivity contribution in [3.05, 3.63) is 46.5 Å². The first-order chi connectivity index (χ1) is 15.2. The predicted octanol–water partition coefficient (Wildman–Crippen LogP) is 3.62. The summed E-state index contributed by atoms with van der Waals surface area (Å²) in [6.07, 6.45) is 0.903. The van der Waals surface area contributed by atoms with Gasteiger partial charge in [-0.2, -0.15) is 0 Å². The van der Waals surface area contributed by atoms with Gasteiger partial charge in [-0.05, 0) is 39.7 Å². The van der Waals surface area contributed by atoms with Gasteiger partial charge in [0.25, 0.3) is 0 Å². The molecule has 1 aliphatic rings. The first-order valence-electron chi connectivity index (χ1n) is 11.2. The number of piperazine rings is 1. The molecule has 0 radical (unpaired) electrons. The van der Waals surface area contributed by atoms with Crippen LogP contribution in [0.2, 0.25) is 0 Å². The number of nitrogens with one attached hydrogen (secondary N) is 1. The molecule has 1 aliphatic heterocycles. The van der Waals surface area contributed by atoms with Crippen molar-refractivity contribution in [2.24, 2.45) is 0 Å². The van der Waals surface area contributed by atoms with E-state index in [0.717, 1.165) is 23.7 Å². The predicted molar refractivity (Wildman–Crippen MR) is 128 cm³/mol. The van der Waals surface area contributed by atoms with Crippen LogP contribution in [0.1, 0.15) is 55.0 Å². The van der Waals surface area contributed by atoms with Gasteiger partial charge in [0, 0.05) is 32.7 Å².